The predicted molar refractivity (Wildman–Crippen MR) is 112 cm³/mol. The standard InChI is InChI=1S/C22H23NO3S/c1-14-19(11-15-5-8-17(9-6-15)27(4)26)18-10-7-16(23(2)3)12-21(18)20(14)13-22(24)25/h5-12H,13H2,1-4H3,(H,24,25)/b19-11+. The summed E-state index contributed by atoms with van der Waals surface area (Å²) in [6.07, 6.45) is 3.73. The van der Waals surface area contributed by atoms with Crippen molar-refractivity contribution in [3.8, 4) is 0 Å². The Hall–Kier alpha value is -2.66. The fraction of sp³-hybridized carbons (Fsp3) is 0.227. The Kier molecular flexibility index (Phi) is 5.33. The molecule has 0 saturated carbocycles. The Balaban J connectivity index is 2.11. The number of carboxylic acids is 1. The van der Waals surface area contributed by atoms with Gasteiger partial charge in [0.15, 0.2) is 0 Å². The molecule has 140 valence electrons. The van der Waals surface area contributed by atoms with Crippen LogP contribution in [0.15, 0.2) is 52.9 Å². The lowest BCUT2D eigenvalue weighted by atomic mass is 10.00. The normalized spacial score (nSPS) is 15.8. The zero-order chi connectivity index (χ0) is 19.7. The zero-order valence-electron chi connectivity index (χ0n) is 15.9. The van der Waals surface area contributed by atoms with E-state index in [0.717, 1.165) is 44.0 Å². The van der Waals surface area contributed by atoms with Gasteiger partial charge in [-0.15, -0.1) is 0 Å². The van der Waals surface area contributed by atoms with Crippen molar-refractivity contribution in [3.05, 3.63) is 64.7 Å². The van der Waals surface area contributed by atoms with E-state index < -0.39 is 16.8 Å². The molecule has 1 atom stereocenters. The quantitative estimate of drug-likeness (QED) is 0.839. The molecule has 0 radical (unpaired) electrons. The molecule has 27 heavy (non-hydrogen) atoms. The van der Waals surface area contributed by atoms with E-state index in [0.29, 0.717) is 0 Å². The lowest BCUT2D eigenvalue weighted by Crippen LogP contribution is -2.09. The van der Waals surface area contributed by atoms with Gasteiger partial charge >= 0.3 is 5.97 Å². The summed E-state index contributed by atoms with van der Waals surface area (Å²) in [6.45, 7) is 1.98. The van der Waals surface area contributed by atoms with E-state index in [1.165, 1.54) is 0 Å². The third-order valence-corrected chi connectivity index (χ3v) is 5.78. The van der Waals surface area contributed by atoms with Gasteiger partial charge in [-0.05, 0) is 70.7 Å². The monoisotopic (exact) mass is 381 g/mol. The maximum absolute atomic E-state index is 11.6. The van der Waals surface area contributed by atoms with Crippen molar-refractivity contribution in [3.63, 3.8) is 0 Å². The minimum absolute atomic E-state index is 0.000803. The van der Waals surface area contributed by atoms with Gasteiger partial charge in [0.2, 0.25) is 0 Å². The molecule has 0 amide bonds. The summed E-state index contributed by atoms with van der Waals surface area (Å²) in [5, 5.41) is 9.36. The van der Waals surface area contributed by atoms with E-state index in [9.17, 15) is 14.1 Å². The zero-order valence-corrected chi connectivity index (χ0v) is 16.8. The Bertz CT molecular complexity index is 985. The Morgan fingerprint density at radius 2 is 1.78 bits per heavy atom. The van der Waals surface area contributed by atoms with Gasteiger partial charge in [0.05, 0.1) is 6.42 Å². The molecule has 0 fully saturated rings. The maximum Gasteiger partial charge on any atom is 0.307 e. The van der Waals surface area contributed by atoms with Crippen LogP contribution < -0.4 is 4.90 Å². The number of benzene rings is 2. The number of hydrogen-bond acceptors (Lipinski definition) is 3. The highest BCUT2D eigenvalue weighted by atomic mass is 32.2. The van der Waals surface area contributed by atoms with Crippen molar-refractivity contribution in [2.24, 2.45) is 0 Å². The van der Waals surface area contributed by atoms with Gasteiger partial charge in [-0.2, -0.15) is 0 Å². The summed E-state index contributed by atoms with van der Waals surface area (Å²) < 4.78 is 11.6. The maximum atomic E-state index is 11.6. The number of anilines is 1. The highest BCUT2D eigenvalue weighted by Crippen LogP contribution is 2.44. The number of fused-ring (bicyclic) bond motifs is 1. The minimum atomic E-state index is -1.00. The number of hydrogen-bond donors (Lipinski definition) is 1. The first-order chi connectivity index (χ1) is 12.8. The van der Waals surface area contributed by atoms with Crippen LogP contribution in [0.4, 0.5) is 5.69 Å². The molecule has 0 aromatic heterocycles. The number of nitrogens with zero attached hydrogens (tertiary/aromatic N) is 1. The van der Waals surface area contributed by atoms with Gasteiger partial charge in [0.25, 0.3) is 0 Å². The number of allylic oxidation sites excluding steroid dienone is 2. The molecule has 0 heterocycles. The summed E-state index contributed by atoms with van der Waals surface area (Å²) in [5.41, 5.74) is 6.97. The number of carboxylic acid groups (broad SMARTS) is 1. The van der Waals surface area contributed by atoms with Crippen molar-refractivity contribution >= 4 is 39.7 Å². The van der Waals surface area contributed by atoms with E-state index in [1.54, 1.807) is 6.26 Å². The molecule has 0 saturated heterocycles. The van der Waals surface area contributed by atoms with Crippen molar-refractivity contribution < 1.29 is 14.1 Å². The smallest absolute Gasteiger partial charge is 0.307 e. The second-order valence-corrected chi connectivity index (χ2v) is 8.26. The largest absolute Gasteiger partial charge is 0.481 e. The highest BCUT2D eigenvalue weighted by Gasteiger charge is 2.25. The first-order valence-corrected chi connectivity index (χ1v) is 10.2. The summed E-state index contributed by atoms with van der Waals surface area (Å²) in [6, 6.07) is 13.8. The fourth-order valence-corrected chi connectivity index (χ4v) is 3.87. The highest BCUT2D eigenvalue weighted by molar-refractivity contribution is 7.84. The average Bonchev–Trinajstić information content (AvgIpc) is 2.87. The second kappa shape index (κ2) is 7.53. The van der Waals surface area contributed by atoms with Crippen molar-refractivity contribution in [2.45, 2.75) is 18.2 Å². The Labute approximate surface area is 162 Å². The van der Waals surface area contributed by atoms with Crippen LogP contribution in [-0.4, -0.2) is 35.6 Å². The Morgan fingerprint density at radius 3 is 2.33 bits per heavy atom. The summed E-state index contributed by atoms with van der Waals surface area (Å²) in [7, 11) is 2.94. The number of aliphatic carboxylic acids is 1. The van der Waals surface area contributed by atoms with Gasteiger partial charge in [-0.25, -0.2) is 0 Å². The Morgan fingerprint density at radius 1 is 1.11 bits per heavy atom. The second-order valence-electron chi connectivity index (χ2n) is 6.88. The van der Waals surface area contributed by atoms with E-state index in [2.05, 4.69) is 18.2 Å². The third-order valence-electron chi connectivity index (χ3n) is 4.84. The van der Waals surface area contributed by atoms with Crippen LogP contribution in [-0.2, 0) is 15.6 Å². The van der Waals surface area contributed by atoms with Crippen LogP contribution in [0.2, 0.25) is 0 Å². The van der Waals surface area contributed by atoms with E-state index in [4.69, 9.17) is 0 Å². The summed E-state index contributed by atoms with van der Waals surface area (Å²) >= 11 is 0. The van der Waals surface area contributed by atoms with Gasteiger partial charge in [0, 0.05) is 41.7 Å². The fourth-order valence-electron chi connectivity index (χ4n) is 3.35. The lowest BCUT2D eigenvalue weighted by molar-refractivity contribution is -0.135. The van der Waals surface area contributed by atoms with Gasteiger partial charge in [-0.3, -0.25) is 9.00 Å². The predicted octanol–water partition coefficient (Wildman–Crippen LogP) is 4.29. The molecule has 1 aliphatic carbocycles. The SMILES string of the molecule is CC1=C(CC(=O)O)c2cc(N(C)C)ccc2/C1=C/c1ccc(S(C)=O)cc1. The van der Waals surface area contributed by atoms with Crippen molar-refractivity contribution in [1.82, 2.24) is 0 Å². The molecular formula is C22H23NO3S. The van der Waals surface area contributed by atoms with Crippen LogP contribution in [0.1, 0.15) is 30.0 Å². The van der Waals surface area contributed by atoms with Crippen molar-refractivity contribution in [2.75, 3.05) is 25.3 Å². The first-order valence-electron chi connectivity index (χ1n) is 8.67. The average molecular weight is 381 g/mol. The van der Waals surface area contributed by atoms with Gasteiger partial charge in [0.1, 0.15) is 0 Å². The van der Waals surface area contributed by atoms with Crippen LogP contribution in [0.5, 0.6) is 0 Å². The number of rotatable bonds is 5. The van der Waals surface area contributed by atoms with Crippen LogP contribution >= 0.6 is 0 Å². The molecule has 1 aliphatic rings. The van der Waals surface area contributed by atoms with Gasteiger partial charge < -0.3 is 10.0 Å². The van der Waals surface area contributed by atoms with Crippen LogP contribution in [0.3, 0.4) is 0 Å². The molecule has 4 nitrogen and oxygen atoms in total. The molecular weight excluding hydrogens is 358 g/mol. The molecule has 0 bridgehead atoms. The molecule has 0 aliphatic heterocycles. The van der Waals surface area contributed by atoms with Crippen LogP contribution in [0, 0.1) is 0 Å². The van der Waals surface area contributed by atoms with Crippen molar-refractivity contribution in [1.29, 1.82) is 0 Å². The lowest BCUT2D eigenvalue weighted by Gasteiger charge is -2.15. The molecule has 2 aromatic rings. The molecule has 1 N–H and O–H groups in total. The molecule has 0 spiro atoms. The van der Waals surface area contributed by atoms with Crippen LogP contribution in [0.25, 0.3) is 17.2 Å². The molecule has 2 aromatic carbocycles. The molecule has 1 unspecified atom stereocenters. The van der Waals surface area contributed by atoms with Gasteiger partial charge in [-0.1, -0.05) is 18.2 Å². The third kappa shape index (κ3) is 3.88. The van der Waals surface area contributed by atoms with E-state index in [-0.39, 0.29) is 6.42 Å². The van der Waals surface area contributed by atoms with E-state index >= 15 is 0 Å². The minimum Gasteiger partial charge on any atom is -0.481 e. The summed E-state index contributed by atoms with van der Waals surface area (Å²) in [4.78, 5) is 14.2. The number of carbonyl (C=O) groups is 1. The summed E-state index contributed by atoms with van der Waals surface area (Å²) in [5.74, 6) is -0.832. The molecule has 3 rings (SSSR count). The molecule has 5 heteroatoms. The van der Waals surface area contributed by atoms with E-state index in [1.807, 2.05) is 56.3 Å². The first kappa shape index (κ1) is 19.1. The topological polar surface area (TPSA) is 57.6 Å².